The molecule has 0 heterocycles. The van der Waals surface area contributed by atoms with Gasteiger partial charge in [0.25, 0.3) is 0 Å². The number of hydrogen-bond acceptors (Lipinski definition) is 2. The van der Waals surface area contributed by atoms with Crippen molar-refractivity contribution < 1.29 is 22.8 Å². The zero-order valence-electron chi connectivity index (χ0n) is 11.9. The van der Waals surface area contributed by atoms with Crippen molar-refractivity contribution in [2.45, 2.75) is 12.6 Å². The zero-order valence-corrected chi connectivity index (χ0v) is 11.9. The maximum Gasteiger partial charge on any atom is 0.416 e. The highest BCUT2D eigenvalue weighted by atomic mass is 19.4. The van der Waals surface area contributed by atoms with Crippen LogP contribution in [0.2, 0.25) is 0 Å². The Bertz CT molecular complexity index is 738. The lowest BCUT2D eigenvalue weighted by atomic mass is 9.93. The number of amides is 2. The lowest BCUT2D eigenvalue weighted by Gasteiger charge is -2.13. The summed E-state index contributed by atoms with van der Waals surface area (Å²) < 4.78 is 38.3. The van der Waals surface area contributed by atoms with E-state index in [4.69, 9.17) is 11.5 Å². The molecule has 120 valence electrons. The first-order valence-corrected chi connectivity index (χ1v) is 6.58. The predicted octanol–water partition coefficient (Wildman–Crippen LogP) is 2.49. The fourth-order valence-corrected chi connectivity index (χ4v) is 2.30. The van der Waals surface area contributed by atoms with Crippen LogP contribution in [0.15, 0.2) is 42.5 Å². The van der Waals surface area contributed by atoms with Crippen LogP contribution in [0.3, 0.4) is 0 Å². The van der Waals surface area contributed by atoms with Crippen molar-refractivity contribution in [3.05, 3.63) is 70.3 Å². The van der Waals surface area contributed by atoms with Gasteiger partial charge in [-0.15, -0.1) is 0 Å². The molecule has 2 aromatic carbocycles. The van der Waals surface area contributed by atoms with E-state index >= 15 is 0 Å². The van der Waals surface area contributed by atoms with Crippen LogP contribution in [0.4, 0.5) is 13.2 Å². The fraction of sp³-hybridized carbons (Fsp3) is 0.125. The van der Waals surface area contributed by atoms with Crippen molar-refractivity contribution in [1.82, 2.24) is 0 Å². The molecule has 0 aliphatic heterocycles. The van der Waals surface area contributed by atoms with Gasteiger partial charge in [0.2, 0.25) is 11.8 Å². The largest absolute Gasteiger partial charge is 0.416 e. The Hall–Kier alpha value is -2.83. The number of carbonyl (C=O) groups is 2. The Morgan fingerprint density at radius 1 is 0.913 bits per heavy atom. The maximum absolute atomic E-state index is 12.8. The topological polar surface area (TPSA) is 86.2 Å². The van der Waals surface area contributed by atoms with Gasteiger partial charge in [0, 0.05) is 11.1 Å². The van der Waals surface area contributed by atoms with Crippen molar-refractivity contribution in [3.8, 4) is 0 Å². The van der Waals surface area contributed by atoms with Crippen LogP contribution in [0, 0.1) is 0 Å². The third-order valence-corrected chi connectivity index (χ3v) is 3.34. The van der Waals surface area contributed by atoms with Crippen LogP contribution in [0.25, 0.3) is 0 Å². The number of alkyl halides is 3. The maximum atomic E-state index is 12.8. The molecular weight excluding hydrogens is 309 g/mol. The predicted molar refractivity (Wildman–Crippen MR) is 77.7 cm³/mol. The Morgan fingerprint density at radius 3 is 1.91 bits per heavy atom. The molecular formula is C16H13F3N2O2. The SMILES string of the molecule is NC(=O)c1cccc(C(N)=O)c1Cc1cccc(C(F)(F)F)c1. The zero-order chi connectivity index (χ0) is 17.2. The van der Waals surface area contributed by atoms with Gasteiger partial charge in [0.15, 0.2) is 0 Å². The van der Waals surface area contributed by atoms with Gasteiger partial charge >= 0.3 is 6.18 Å². The first kappa shape index (κ1) is 16.5. The Labute approximate surface area is 129 Å². The molecule has 0 aliphatic rings. The summed E-state index contributed by atoms with van der Waals surface area (Å²) in [6.07, 6.45) is -4.55. The van der Waals surface area contributed by atoms with Gasteiger partial charge < -0.3 is 11.5 Å². The summed E-state index contributed by atoms with van der Waals surface area (Å²) >= 11 is 0. The van der Waals surface area contributed by atoms with Crippen LogP contribution in [0.1, 0.15) is 37.4 Å². The highest BCUT2D eigenvalue weighted by Crippen LogP contribution is 2.30. The molecule has 7 heteroatoms. The van der Waals surface area contributed by atoms with E-state index in [2.05, 4.69) is 0 Å². The van der Waals surface area contributed by atoms with Crippen LogP contribution in [0.5, 0.6) is 0 Å². The lowest BCUT2D eigenvalue weighted by Crippen LogP contribution is -2.20. The normalized spacial score (nSPS) is 11.3. The van der Waals surface area contributed by atoms with Crippen molar-refractivity contribution in [3.63, 3.8) is 0 Å². The minimum absolute atomic E-state index is 0.0544. The minimum atomic E-state index is -4.48. The average molecular weight is 322 g/mol. The summed E-state index contributed by atoms with van der Waals surface area (Å²) in [4.78, 5) is 23.0. The average Bonchev–Trinajstić information content (AvgIpc) is 2.46. The van der Waals surface area contributed by atoms with E-state index in [-0.39, 0.29) is 28.7 Å². The molecule has 0 aromatic heterocycles. The van der Waals surface area contributed by atoms with Crippen LogP contribution in [-0.2, 0) is 12.6 Å². The summed E-state index contributed by atoms with van der Waals surface area (Å²) in [5.74, 6) is -1.56. The second kappa shape index (κ2) is 6.12. The monoisotopic (exact) mass is 322 g/mol. The molecule has 2 aromatic rings. The lowest BCUT2D eigenvalue weighted by molar-refractivity contribution is -0.137. The third kappa shape index (κ3) is 3.68. The van der Waals surface area contributed by atoms with Crippen LogP contribution < -0.4 is 11.5 Å². The molecule has 0 atom stereocenters. The molecule has 0 bridgehead atoms. The van der Waals surface area contributed by atoms with Gasteiger partial charge in [0.05, 0.1) is 5.56 Å². The quantitative estimate of drug-likeness (QED) is 0.906. The van der Waals surface area contributed by atoms with E-state index in [0.29, 0.717) is 0 Å². The van der Waals surface area contributed by atoms with E-state index in [9.17, 15) is 22.8 Å². The number of carbonyl (C=O) groups excluding carboxylic acids is 2. The highest BCUT2D eigenvalue weighted by Gasteiger charge is 2.30. The summed E-state index contributed by atoms with van der Waals surface area (Å²) in [5, 5.41) is 0. The molecule has 4 nitrogen and oxygen atoms in total. The molecule has 0 unspecified atom stereocenters. The van der Waals surface area contributed by atoms with E-state index in [0.717, 1.165) is 12.1 Å². The second-order valence-corrected chi connectivity index (χ2v) is 4.94. The van der Waals surface area contributed by atoms with E-state index < -0.39 is 23.6 Å². The standard InChI is InChI=1S/C16H13F3N2O2/c17-16(18,19)10-4-1-3-9(7-10)8-13-11(14(20)22)5-2-6-12(13)15(21)23/h1-7H,8H2,(H2,20,22)(H2,21,23). The molecule has 0 spiro atoms. The Balaban J connectivity index is 2.52. The van der Waals surface area contributed by atoms with E-state index in [1.54, 1.807) is 0 Å². The number of halogens is 3. The molecule has 2 amide bonds. The summed E-state index contributed by atoms with van der Waals surface area (Å²) in [5.41, 5.74) is 10.3. The van der Waals surface area contributed by atoms with Crippen molar-refractivity contribution in [1.29, 1.82) is 0 Å². The Morgan fingerprint density at radius 2 is 1.43 bits per heavy atom. The summed E-state index contributed by atoms with van der Waals surface area (Å²) in [7, 11) is 0. The minimum Gasteiger partial charge on any atom is -0.366 e. The molecule has 2 rings (SSSR count). The molecule has 0 saturated carbocycles. The van der Waals surface area contributed by atoms with Gasteiger partial charge in [-0.3, -0.25) is 9.59 Å². The molecule has 23 heavy (non-hydrogen) atoms. The molecule has 4 N–H and O–H groups in total. The van der Waals surface area contributed by atoms with E-state index in [1.807, 2.05) is 0 Å². The summed E-state index contributed by atoms with van der Waals surface area (Å²) in [6, 6.07) is 8.87. The number of hydrogen-bond donors (Lipinski definition) is 2. The molecule has 0 fully saturated rings. The second-order valence-electron chi connectivity index (χ2n) is 4.94. The van der Waals surface area contributed by atoms with Crippen molar-refractivity contribution in [2.24, 2.45) is 11.5 Å². The first-order chi connectivity index (χ1) is 10.7. The van der Waals surface area contributed by atoms with Gasteiger partial charge in [0.1, 0.15) is 0 Å². The fourth-order valence-electron chi connectivity index (χ4n) is 2.30. The number of primary amides is 2. The van der Waals surface area contributed by atoms with Crippen LogP contribution >= 0.6 is 0 Å². The Kier molecular flexibility index (Phi) is 4.40. The molecule has 0 aliphatic carbocycles. The molecule has 0 radical (unpaired) electrons. The van der Waals surface area contributed by atoms with Gasteiger partial charge in [-0.05, 0) is 35.7 Å². The van der Waals surface area contributed by atoms with E-state index in [1.165, 1.54) is 30.3 Å². The van der Waals surface area contributed by atoms with Gasteiger partial charge in [-0.1, -0.05) is 24.3 Å². The third-order valence-electron chi connectivity index (χ3n) is 3.34. The summed E-state index contributed by atoms with van der Waals surface area (Å²) in [6.45, 7) is 0. The number of nitrogens with two attached hydrogens (primary N) is 2. The highest BCUT2D eigenvalue weighted by molar-refractivity contribution is 6.01. The molecule has 0 saturated heterocycles. The van der Waals surface area contributed by atoms with Crippen molar-refractivity contribution >= 4 is 11.8 Å². The van der Waals surface area contributed by atoms with Gasteiger partial charge in [-0.25, -0.2) is 0 Å². The number of rotatable bonds is 4. The van der Waals surface area contributed by atoms with Gasteiger partial charge in [-0.2, -0.15) is 13.2 Å². The van der Waals surface area contributed by atoms with Crippen LogP contribution in [-0.4, -0.2) is 11.8 Å². The number of benzene rings is 2. The van der Waals surface area contributed by atoms with Crippen molar-refractivity contribution in [2.75, 3.05) is 0 Å². The smallest absolute Gasteiger partial charge is 0.366 e. The first-order valence-electron chi connectivity index (χ1n) is 6.58.